The van der Waals surface area contributed by atoms with Gasteiger partial charge in [0.25, 0.3) is 0 Å². The van der Waals surface area contributed by atoms with Crippen LogP contribution >= 0.6 is 11.8 Å². The summed E-state index contributed by atoms with van der Waals surface area (Å²) in [5, 5.41) is 5.08. The van der Waals surface area contributed by atoms with Crippen LogP contribution in [0, 0.1) is 6.92 Å². The second-order valence-electron chi connectivity index (χ2n) is 3.80. The Morgan fingerprint density at radius 3 is 2.78 bits per heavy atom. The maximum atomic E-state index is 11.1. The van der Waals surface area contributed by atoms with E-state index in [9.17, 15) is 4.79 Å². The lowest BCUT2D eigenvalue weighted by molar-refractivity contribution is 0.112. The summed E-state index contributed by atoms with van der Waals surface area (Å²) in [7, 11) is 3.46. The molecule has 0 fully saturated rings. The van der Waals surface area contributed by atoms with Crippen LogP contribution in [-0.2, 0) is 7.05 Å². The second kappa shape index (κ2) is 5.27. The van der Waals surface area contributed by atoms with Crippen molar-refractivity contribution >= 4 is 18.0 Å². The van der Waals surface area contributed by atoms with Gasteiger partial charge in [-0.15, -0.1) is 0 Å². The maximum Gasteiger partial charge on any atom is 0.154 e. The van der Waals surface area contributed by atoms with Gasteiger partial charge in [0.15, 0.2) is 6.29 Å². The molecule has 0 atom stereocenters. The average Bonchev–Trinajstić information content (AvgIpc) is 2.64. The quantitative estimate of drug-likeness (QED) is 0.795. The van der Waals surface area contributed by atoms with Crippen molar-refractivity contribution in [1.29, 1.82) is 0 Å². The van der Waals surface area contributed by atoms with Gasteiger partial charge < -0.3 is 4.74 Å². The molecule has 0 aliphatic rings. The van der Waals surface area contributed by atoms with E-state index in [1.807, 2.05) is 38.2 Å². The minimum atomic E-state index is 0.633. The third-order valence-corrected chi connectivity index (χ3v) is 3.84. The van der Waals surface area contributed by atoms with Crippen LogP contribution < -0.4 is 4.74 Å². The van der Waals surface area contributed by atoms with Gasteiger partial charge in [-0.2, -0.15) is 5.10 Å². The number of hydrogen-bond acceptors (Lipinski definition) is 4. The molecule has 0 N–H and O–H groups in total. The third kappa shape index (κ3) is 2.26. The van der Waals surface area contributed by atoms with E-state index in [1.54, 1.807) is 11.8 Å². The number of hydrogen-bond donors (Lipinski definition) is 0. The van der Waals surface area contributed by atoms with Gasteiger partial charge >= 0.3 is 0 Å². The van der Waals surface area contributed by atoms with E-state index in [1.165, 1.54) is 11.8 Å². The molecule has 1 heterocycles. The SMILES string of the molecule is COc1ccccc1Sc1c(C=O)c(C)nn1C. The molecule has 0 saturated heterocycles. The number of ether oxygens (including phenoxy) is 1. The van der Waals surface area contributed by atoms with Crippen molar-refractivity contribution in [3.05, 3.63) is 35.5 Å². The normalized spacial score (nSPS) is 10.4. The smallest absolute Gasteiger partial charge is 0.154 e. The predicted octanol–water partition coefficient (Wildman–Crippen LogP) is 2.70. The number of benzene rings is 1. The Hall–Kier alpha value is -1.75. The fraction of sp³-hybridized carbons (Fsp3) is 0.231. The summed E-state index contributed by atoms with van der Waals surface area (Å²) < 4.78 is 7.02. The monoisotopic (exact) mass is 262 g/mol. The highest BCUT2D eigenvalue weighted by molar-refractivity contribution is 7.99. The summed E-state index contributed by atoms with van der Waals surface area (Å²) >= 11 is 1.48. The molecule has 0 spiro atoms. The predicted molar refractivity (Wildman–Crippen MR) is 70.4 cm³/mol. The number of aldehydes is 1. The Morgan fingerprint density at radius 1 is 1.39 bits per heavy atom. The molecule has 2 aromatic rings. The van der Waals surface area contributed by atoms with E-state index in [2.05, 4.69) is 5.10 Å². The van der Waals surface area contributed by atoms with E-state index in [0.717, 1.165) is 27.7 Å². The molecule has 1 aromatic carbocycles. The molecule has 1 aromatic heterocycles. The van der Waals surface area contributed by atoms with Gasteiger partial charge in [-0.1, -0.05) is 23.9 Å². The maximum absolute atomic E-state index is 11.1. The molecule has 0 radical (unpaired) electrons. The van der Waals surface area contributed by atoms with Crippen LogP contribution in [0.2, 0.25) is 0 Å². The van der Waals surface area contributed by atoms with Crippen LogP contribution in [0.5, 0.6) is 5.75 Å². The van der Waals surface area contributed by atoms with E-state index < -0.39 is 0 Å². The van der Waals surface area contributed by atoms with Crippen LogP contribution in [-0.4, -0.2) is 23.2 Å². The summed E-state index contributed by atoms with van der Waals surface area (Å²) in [6.45, 7) is 1.83. The largest absolute Gasteiger partial charge is 0.496 e. The van der Waals surface area contributed by atoms with Crippen molar-refractivity contribution in [1.82, 2.24) is 9.78 Å². The van der Waals surface area contributed by atoms with Gasteiger partial charge in [0, 0.05) is 7.05 Å². The lowest BCUT2D eigenvalue weighted by Crippen LogP contribution is -1.94. The average molecular weight is 262 g/mol. The van der Waals surface area contributed by atoms with E-state index in [-0.39, 0.29) is 0 Å². The van der Waals surface area contributed by atoms with Crippen LogP contribution in [0.25, 0.3) is 0 Å². The van der Waals surface area contributed by atoms with Gasteiger partial charge in [-0.3, -0.25) is 9.48 Å². The molecule has 5 heteroatoms. The number of nitrogens with zero attached hydrogens (tertiary/aromatic N) is 2. The highest BCUT2D eigenvalue weighted by Crippen LogP contribution is 2.36. The van der Waals surface area contributed by atoms with Crippen molar-refractivity contribution in [3.8, 4) is 5.75 Å². The van der Waals surface area contributed by atoms with Gasteiger partial charge in [-0.25, -0.2) is 0 Å². The Labute approximate surface area is 110 Å². The molecule has 0 saturated carbocycles. The van der Waals surface area contributed by atoms with Crippen LogP contribution in [0.15, 0.2) is 34.2 Å². The summed E-state index contributed by atoms with van der Waals surface area (Å²) in [4.78, 5) is 12.1. The lowest BCUT2D eigenvalue weighted by Gasteiger charge is -2.08. The van der Waals surface area contributed by atoms with Gasteiger partial charge in [0.2, 0.25) is 0 Å². The number of carbonyl (C=O) groups is 1. The Balaban J connectivity index is 2.42. The first-order valence-corrected chi connectivity index (χ1v) is 6.28. The van der Waals surface area contributed by atoms with Crippen molar-refractivity contribution in [3.63, 3.8) is 0 Å². The number of carbonyl (C=O) groups excluding carboxylic acids is 1. The molecule has 18 heavy (non-hydrogen) atoms. The van der Waals surface area contributed by atoms with E-state index in [4.69, 9.17) is 4.74 Å². The molecule has 0 aliphatic carbocycles. The first-order chi connectivity index (χ1) is 8.67. The molecular formula is C13H14N2O2S. The molecule has 2 rings (SSSR count). The molecule has 0 bridgehead atoms. The lowest BCUT2D eigenvalue weighted by atomic mass is 10.3. The molecule has 94 valence electrons. The number of rotatable bonds is 4. The first-order valence-electron chi connectivity index (χ1n) is 5.47. The van der Waals surface area contributed by atoms with Crippen molar-refractivity contribution in [2.45, 2.75) is 16.8 Å². The fourth-order valence-corrected chi connectivity index (χ4v) is 2.80. The summed E-state index contributed by atoms with van der Waals surface area (Å²) in [6, 6.07) is 7.71. The number of aryl methyl sites for hydroxylation is 2. The zero-order valence-electron chi connectivity index (χ0n) is 10.5. The summed E-state index contributed by atoms with van der Waals surface area (Å²) in [5.41, 5.74) is 1.37. The number of aromatic nitrogens is 2. The van der Waals surface area contributed by atoms with Crippen molar-refractivity contribution in [2.24, 2.45) is 7.05 Å². The molecule has 4 nitrogen and oxygen atoms in total. The van der Waals surface area contributed by atoms with E-state index >= 15 is 0 Å². The highest BCUT2D eigenvalue weighted by Gasteiger charge is 2.15. The van der Waals surface area contributed by atoms with Crippen LogP contribution in [0.3, 0.4) is 0 Å². The molecular weight excluding hydrogens is 248 g/mol. The molecule has 0 amide bonds. The second-order valence-corrected chi connectivity index (χ2v) is 4.83. The molecule has 0 aliphatic heterocycles. The Kier molecular flexibility index (Phi) is 3.72. The van der Waals surface area contributed by atoms with Crippen molar-refractivity contribution in [2.75, 3.05) is 7.11 Å². The number of methoxy groups -OCH3 is 1. The van der Waals surface area contributed by atoms with Crippen molar-refractivity contribution < 1.29 is 9.53 Å². The van der Waals surface area contributed by atoms with Gasteiger partial charge in [0.05, 0.1) is 23.3 Å². The minimum absolute atomic E-state index is 0.633. The number of para-hydroxylation sites is 1. The zero-order valence-corrected chi connectivity index (χ0v) is 11.3. The highest BCUT2D eigenvalue weighted by atomic mass is 32.2. The van der Waals surface area contributed by atoms with Crippen LogP contribution in [0.1, 0.15) is 16.1 Å². The Morgan fingerprint density at radius 2 is 2.11 bits per heavy atom. The standard InChI is InChI=1S/C13H14N2O2S/c1-9-10(8-16)13(15(2)14-9)18-12-7-5-4-6-11(12)17-3/h4-8H,1-3H3. The topological polar surface area (TPSA) is 44.1 Å². The van der Waals surface area contributed by atoms with Gasteiger partial charge in [0.1, 0.15) is 10.8 Å². The van der Waals surface area contributed by atoms with Crippen LogP contribution in [0.4, 0.5) is 0 Å². The minimum Gasteiger partial charge on any atom is -0.496 e. The third-order valence-electron chi connectivity index (χ3n) is 2.61. The molecule has 0 unspecified atom stereocenters. The summed E-state index contributed by atoms with van der Waals surface area (Å²) in [6.07, 6.45) is 0.847. The summed E-state index contributed by atoms with van der Waals surface area (Å²) in [5.74, 6) is 0.790. The first kappa shape index (κ1) is 12.7. The Bertz CT molecular complexity index is 578. The zero-order chi connectivity index (χ0) is 13.1. The fourth-order valence-electron chi connectivity index (χ4n) is 1.72. The van der Waals surface area contributed by atoms with E-state index in [0.29, 0.717) is 5.56 Å². The van der Waals surface area contributed by atoms with Gasteiger partial charge in [-0.05, 0) is 19.1 Å².